The molecule has 0 bridgehead atoms. The molecule has 0 saturated heterocycles. The van der Waals surface area contributed by atoms with Crippen molar-refractivity contribution in [3.63, 3.8) is 0 Å². The minimum atomic E-state index is -0.927. The molecule has 2 aromatic carbocycles. The molecule has 124 valence electrons. The molecule has 2 N–H and O–H groups in total. The van der Waals surface area contributed by atoms with Crippen LogP contribution in [-0.4, -0.2) is 18.0 Å². The van der Waals surface area contributed by atoms with Gasteiger partial charge in [-0.2, -0.15) is 5.10 Å². The lowest BCUT2D eigenvalue weighted by Crippen LogP contribution is -2.32. The molecule has 0 fully saturated rings. The highest BCUT2D eigenvalue weighted by Gasteiger charge is 2.14. The molecule has 0 aliphatic carbocycles. The fourth-order valence-electron chi connectivity index (χ4n) is 1.79. The number of halogens is 3. The van der Waals surface area contributed by atoms with E-state index in [9.17, 15) is 9.59 Å². The zero-order valence-corrected chi connectivity index (χ0v) is 14.7. The van der Waals surface area contributed by atoms with Gasteiger partial charge in [-0.3, -0.25) is 9.59 Å². The number of amides is 2. The highest BCUT2D eigenvalue weighted by atomic mass is 35.5. The predicted molar refractivity (Wildman–Crippen MR) is 97.0 cm³/mol. The van der Waals surface area contributed by atoms with Crippen molar-refractivity contribution < 1.29 is 9.59 Å². The molecule has 2 rings (SSSR count). The third-order valence-electron chi connectivity index (χ3n) is 3.00. The van der Waals surface area contributed by atoms with Crippen LogP contribution in [0.5, 0.6) is 0 Å². The van der Waals surface area contributed by atoms with Crippen LogP contribution >= 0.6 is 34.8 Å². The van der Waals surface area contributed by atoms with E-state index in [0.717, 1.165) is 5.56 Å². The highest BCUT2D eigenvalue weighted by molar-refractivity contribution is 6.40. The summed E-state index contributed by atoms with van der Waals surface area (Å²) in [5, 5.41) is 7.45. The van der Waals surface area contributed by atoms with E-state index in [1.807, 2.05) is 0 Å². The van der Waals surface area contributed by atoms with Gasteiger partial charge in [0.2, 0.25) is 0 Å². The second kappa shape index (κ2) is 8.15. The number of hydrazone groups is 1. The summed E-state index contributed by atoms with van der Waals surface area (Å²) < 4.78 is 0. The Morgan fingerprint density at radius 2 is 1.71 bits per heavy atom. The van der Waals surface area contributed by atoms with Gasteiger partial charge in [-0.15, -0.1) is 0 Å². The van der Waals surface area contributed by atoms with Gasteiger partial charge in [-0.1, -0.05) is 40.9 Å². The molecule has 0 spiro atoms. The maximum atomic E-state index is 11.8. The lowest BCUT2D eigenvalue weighted by Gasteiger charge is -2.07. The number of carbonyl (C=O) groups excluding carboxylic acids is 2. The molecule has 2 amide bonds. The van der Waals surface area contributed by atoms with Crippen molar-refractivity contribution in [3.05, 3.63) is 62.6 Å². The maximum Gasteiger partial charge on any atom is 0.329 e. The summed E-state index contributed by atoms with van der Waals surface area (Å²) in [6.45, 7) is 1.76. The molecule has 0 aromatic heterocycles. The van der Waals surface area contributed by atoms with Crippen LogP contribution in [-0.2, 0) is 9.59 Å². The van der Waals surface area contributed by atoms with Gasteiger partial charge in [0.15, 0.2) is 0 Å². The molecule has 0 unspecified atom stereocenters. The smallest absolute Gasteiger partial charge is 0.317 e. The van der Waals surface area contributed by atoms with Crippen LogP contribution in [0.4, 0.5) is 5.69 Å². The summed E-state index contributed by atoms with van der Waals surface area (Å²) in [5.41, 5.74) is 3.77. The van der Waals surface area contributed by atoms with Crippen LogP contribution in [0.15, 0.2) is 41.5 Å². The van der Waals surface area contributed by atoms with Gasteiger partial charge in [0.05, 0.1) is 16.3 Å². The van der Waals surface area contributed by atoms with E-state index in [2.05, 4.69) is 15.8 Å². The van der Waals surface area contributed by atoms with Crippen molar-refractivity contribution in [2.75, 3.05) is 5.32 Å². The van der Waals surface area contributed by atoms with Crippen molar-refractivity contribution in [1.82, 2.24) is 5.43 Å². The molecule has 24 heavy (non-hydrogen) atoms. The summed E-state index contributed by atoms with van der Waals surface area (Å²) in [4.78, 5) is 23.6. The number of nitrogens with zero attached hydrogens (tertiary/aromatic N) is 1. The minimum absolute atomic E-state index is 0.377. The molecule has 0 atom stereocenters. The van der Waals surface area contributed by atoms with E-state index in [4.69, 9.17) is 34.8 Å². The number of nitrogens with one attached hydrogen (secondary N) is 2. The standard InChI is InChI=1S/C16H12Cl3N3O2/c1-9-7-10(17)5-6-14(9)21-15(23)16(24)22-20-8-11-12(18)3-2-4-13(11)19/h2-8H,1H3,(H,21,23)(H,22,24)/b20-8-. The van der Waals surface area contributed by atoms with Crippen LogP contribution in [0.1, 0.15) is 11.1 Å². The van der Waals surface area contributed by atoms with Crippen LogP contribution in [0.3, 0.4) is 0 Å². The fraction of sp³-hybridized carbons (Fsp3) is 0.0625. The fourth-order valence-corrected chi connectivity index (χ4v) is 2.51. The van der Waals surface area contributed by atoms with Crippen molar-refractivity contribution in [1.29, 1.82) is 0 Å². The van der Waals surface area contributed by atoms with Gasteiger partial charge in [0, 0.05) is 16.3 Å². The largest absolute Gasteiger partial charge is 0.329 e. The lowest BCUT2D eigenvalue weighted by atomic mass is 10.2. The zero-order chi connectivity index (χ0) is 17.7. The molecule has 0 saturated carbocycles. The molecule has 0 aliphatic rings. The minimum Gasteiger partial charge on any atom is -0.317 e. The van der Waals surface area contributed by atoms with Crippen molar-refractivity contribution >= 4 is 58.5 Å². The van der Waals surface area contributed by atoms with E-state index in [1.54, 1.807) is 43.3 Å². The van der Waals surface area contributed by atoms with E-state index in [1.165, 1.54) is 6.21 Å². The van der Waals surface area contributed by atoms with Gasteiger partial charge < -0.3 is 5.32 Å². The van der Waals surface area contributed by atoms with Gasteiger partial charge in [-0.25, -0.2) is 5.43 Å². The average molecular weight is 385 g/mol. The Kier molecular flexibility index (Phi) is 6.20. The first-order chi connectivity index (χ1) is 11.4. The summed E-state index contributed by atoms with van der Waals surface area (Å²) in [5.74, 6) is -1.79. The van der Waals surface area contributed by atoms with Crippen molar-refractivity contribution in [2.24, 2.45) is 5.10 Å². The third kappa shape index (κ3) is 4.71. The monoisotopic (exact) mass is 383 g/mol. The molecule has 5 nitrogen and oxygen atoms in total. The molecule has 0 heterocycles. The Morgan fingerprint density at radius 3 is 2.33 bits per heavy atom. The summed E-state index contributed by atoms with van der Waals surface area (Å²) in [7, 11) is 0. The van der Waals surface area contributed by atoms with Crippen LogP contribution in [0.25, 0.3) is 0 Å². The molecular weight excluding hydrogens is 373 g/mol. The van der Waals surface area contributed by atoms with E-state index in [-0.39, 0.29) is 0 Å². The average Bonchev–Trinajstić information content (AvgIpc) is 2.52. The second-order valence-corrected chi connectivity index (χ2v) is 6.00. The first-order valence-electron chi connectivity index (χ1n) is 6.73. The Labute approximate surface area is 153 Å². The first kappa shape index (κ1) is 18.3. The quantitative estimate of drug-likeness (QED) is 0.476. The van der Waals surface area contributed by atoms with Crippen molar-refractivity contribution in [2.45, 2.75) is 6.92 Å². The van der Waals surface area contributed by atoms with Crippen molar-refractivity contribution in [3.8, 4) is 0 Å². The Morgan fingerprint density at radius 1 is 1.04 bits per heavy atom. The number of benzene rings is 2. The SMILES string of the molecule is Cc1cc(Cl)ccc1NC(=O)C(=O)N/N=C\c1c(Cl)cccc1Cl. The molecule has 0 radical (unpaired) electrons. The topological polar surface area (TPSA) is 70.6 Å². The predicted octanol–water partition coefficient (Wildman–Crippen LogP) is 4.04. The number of aryl methyl sites for hydroxylation is 1. The number of carbonyl (C=O) groups is 2. The molecular formula is C16H12Cl3N3O2. The molecule has 8 heteroatoms. The van der Waals surface area contributed by atoms with Gasteiger partial charge in [0.1, 0.15) is 0 Å². The lowest BCUT2D eigenvalue weighted by molar-refractivity contribution is -0.136. The van der Waals surface area contributed by atoms with Gasteiger partial charge >= 0.3 is 11.8 Å². The summed E-state index contributed by atoms with van der Waals surface area (Å²) in [6.07, 6.45) is 1.27. The Hall–Kier alpha value is -2.08. The van der Waals surface area contributed by atoms with Crippen LogP contribution in [0.2, 0.25) is 15.1 Å². The third-order valence-corrected chi connectivity index (χ3v) is 3.90. The number of hydrogen-bond donors (Lipinski definition) is 2. The van der Waals surface area contributed by atoms with Crippen LogP contribution in [0, 0.1) is 6.92 Å². The number of hydrogen-bond acceptors (Lipinski definition) is 3. The molecule has 2 aromatic rings. The van der Waals surface area contributed by atoms with Gasteiger partial charge in [-0.05, 0) is 42.8 Å². The normalized spacial score (nSPS) is 10.7. The van der Waals surface area contributed by atoms with E-state index >= 15 is 0 Å². The maximum absolute atomic E-state index is 11.8. The van der Waals surface area contributed by atoms with E-state index < -0.39 is 11.8 Å². The number of anilines is 1. The Bertz CT molecular complexity index is 802. The van der Waals surface area contributed by atoms with E-state index in [0.29, 0.717) is 26.3 Å². The summed E-state index contributed by atoms with van der Waals surface area (Å²) >= 11 is 17.8. The molecule has 0 aliphatic heterocycles. The number of rotatable bonds is 3. The first-order valence-corrected chi connectivity index (χ1v) is 7.86. The van der Waals surface area contributed by atoms with Crippen LogP contribution < -0.4 is 10.7 Å². The zero-order valence-electron chi connectivity index (χ0n) is 12.4. The second-order valence-electron chi connectivity index (χ2n) is 4.75. The summed E-state index contributed by atoms with van der Waals surface area (Å²) in [6, 6.07) is 9.84. The Balaban J connectivity index is 1.99. The van der Waals surface area contributed by atoms with Gasteiger partial charge in [0.25, 0.3) is 0 Å². The highest BCUT2D eigenvalue weighted by Crippen LogP contribution is 2.22.